The van der Waals surface area contributed by atoms with Gasteiger partial charge in [-0.05, 0) is 83.1 Å². The molecule has 0 bridgehead atoms. The number of aromatic nitrogens is 2. The lowest BCUT2D eigenvalue weighted by Crippen LogP contribution is -3.00. The van der Waals surface area contributed by atoms with Gasteiger partial charge in [0.25, 0.3) is 0 Å². The molecule has 2 heterocycles. The second-order valence-corrected chi connectivity index (χ2v) is 17.3. The van der Waals surface area contributed by atoms with Crippen LogP contribution in [0.5, 0.6) is 11.5 Å². The average molecular weight is 937 g/mol. The van der Waals surface area contributed by atoms with Gasteiger partial charge in [0.1, 0.15) is 45.2 Å². The molecule has 2 atom stereocenters. The summed E-state index contributed by atoms with van der Waals surface area (Å²) in [6.45, 7) is 20.6. The number of quaternary nitrogens is 1. The van der Waals surface area contributed by atoms with Gasteiger partial charge in [0.05, 0.1) is 30.5 Å². The number of nitrogens with one attached hydrogen (secondary N) is 1. The van der Waals surface area contributed by atoms with Crippen molar-refractivity contribution in [2.45, 2.75) is 130 Å². The fourth-order valence-corrected chi connectivity index (χ4v) is 4.69. The molecule has 0 saturated heterocycles. The van der Waals surface area contributed by atoms with E-state index < -0.39 is 80.3 Å². The number of ether oxygens (including phenoxy) is 6. The van der Waals surface area contributed by atoms with Gasteiger partial charge in [-0.25, -0.2) is 19.6 Å². The Morgan fingerprint density at radius 1 is 0.667 bits per heavy atom. The Labute approximate surface area is 369 Å². The molecule has 340 valence electrons. The van der Waals surface area contributed by atoms with Crippen molar-refractivity contribution in [1.29, 1.82) is 0 Å². The molecular weight excluding hydrogens is 882 g/mol. The van der Waals surface area contributed by atoms with Crippen LogP contribution in [0.15, 0.2) is 12.1 Å². The van der Waals surface area contributed by atoms with E-state index in [2.05, 4.69) is 21.0 Å². The maximum atomic E-state index is 12.6. The van der Waals surface area contributed by atoms with Crippen LogP contribution in [0.3, 0.4) is 0 Å². The van der Waals surface area contributed by atoms with E-state index in [1.807, 2.05) is 0 Å². The SMILES string of the molecule is CC(C)(C)OC(=O)C[C@H]([NH3+])C(=O)OC(C)(C)C.COc1cc(Cl)nc(Cl)c1[N+](=O)[O-].COc1cc(Cl)nc(N[C@@H](CC(=O)OC(C)(C)C)C(=O)OC(C)(C)C)c1[N+](=O)[O-].[Cl-]. The molecule has 0 saturated carbocycles. The van der Waals surface area contributed by atoms with E-state index in [-0.39, 0.29) is 57.3 Å². The van der Waals surface area contributed by atoms with Crippen LogP contribution in [0.25, 0.3) is 0 Å². The van der Waals surface area contributed by atoms with Crippen molar-refractivity contribution in [3.63, 3.8) is 0 Å². The largest absolute Gasteiger partial charge is 1.00 e. The lowest BCUT2D eigenvalue weighted by atomic mass is 10.1. The van der Waals surface area contributed by atoms with Crippen LogP contribution < -0.4 is 32.9 Å². The molecule has 2 rings (SSSR count). The minimum absolute atomic E-state index is 0. The van der Waals surface area contributed by atoms with Crippen molar-refractivity contribution >= 4 is 75.9 Å². The number of halogens is 4. The minimum Gasteiger partial charge on any atom is -1.00 e. The van der Waals surface area contributed by atoms with Crippen LogP contribution in [0.1, 0.15) is 95.9 Å². The molecule has 0 radical (unpaired) electrons. The zero-order valence-corrected chi connectivity index (χ0v) is 39.0. The highest BCUT2D eigenvalue weighted by atomic mass is 35.5. The molecule has 24 heteroatoms. The molecule has 0 amide bonds. The third-order valence-electron chi connectivity index (χ3n) is 5.98. The first-order valence-corrected chi connectivity index (χ1v) is 18.6. The third-order valence-corrected chi connectivity index (χ3v) is 6.63. The predicted octanol–water partition coefficient (Wildman–Crippen LogP) is 3.49. The van der Waals surface area contributed by atoms with E-state index in [9.17, 15) is 39.4 Å². The molecule has 0 spiro atoms. The fraction of sp³-hybridized carbons (Fsp3) is 0.611. The number of pyridine rings is 2. The number of esters is 4. The van der Waals surface area contributed by atoms with Crippen LogP contribution in [-0.2, 0) is 38.1 Å². The number of carbonyl (C=O) groups is 4. The molecule has 20 nitrogen and oxygen atoms in total. The van der Waals surface area contributed by atoms with Gasteiger partial charge in [0.15, 0.2) is 6.04 Å². The highest BCUT2D eigenvalue weighted by Gasteiger charge is 2.34. The molecule has 2 aromatic heterocycles. The zero-order chi connectivity index (χ0) is 46.4. The maximum Gasteiger partial charge on any atom is 0.365 e. The van der Waals surface area contributed by atoms with Crippen LogP contribution in [0, 0.1) is 20.2 Å². The lowest BCUT2D eigenvalue weighted by molar-refractivity contribution is -0.409. The number of hydrogen-bond donors (Lipinski definition) is 2. The monoisotopic (exact) mass is 934 g/mol. The van der Waals surface area contributed by atoms with Crippen LogP contribution in [0.4, 0.5) is 17.2 Å². The van der Waals surface area contributed by atoms with E-state index in [0.29, 0.717) is 0 Å². The summed E-state index contributed by atoms with van der Waals surface area (Å²) < 4.78 is 30.5. The molecule has 0 aromatic carbocycles. The number of rotatable bonds is 12. The van der Waals surface area contributed by atoms with E-state index in [0.717, 1.165) is 0 Å². The van der Waals surface area contributed by atoms with Crippen LogP contribution >= 0.6 is 34.8 Å². The van der Waals surface area contributed by atoms with Gasteiger partial charge in [0, 0.05) is 12.1 Å². The van der Waals surface area contributed by atoms with Crippen molar-refractivity contribution in [1.82, 2.24) is 9.97 Å². The normalized spacial score (nSPS) is 12.2. The molecule has 0 aliphatic rings. The quantitative estimate of drug-likeness (QED) is 0.101. The first-order chi connectivity index (χ1) is 26.6. The second kappa shape index (κ2) is 24.1. The number of hydrogen-bond acceptors (Lipinski definition) is 17. The Bertz CT molecular complexity index is 1820. The molecule has 0 fully saturated rings. The minimum atomic E-state index is -1.31. The molecule has 0 aliphatic carbocycles. The van der Waals surface area contributed by atoms with Crippen molar-refractivity contribution in [3.8, 4) is 11.5 Å². The molecule has 0 aliphatic heterocycles. The van der Waals surface area contributed by atoms with Gasteiger partial charge in [-0.1, -0.05) is 34.8 Å². The summed E-state index contributed by atoms with van der Waals surface area (Å²) in [5.74, 6) is -2.92. The number of anilines is 1. The van der Waals surface area contributed by atoms with Gasteiger partial charge >= 0.3 is 35.3 Å². The van der Waals surface area contributed by atoms with Crippen LogP contribution in [0.2, 0.25) is 15.5 Å². The van der Waals surface area contributed by atoms with Gasteiger partial charge in [0.2, 0.25) is 22.5 Å². The highest BCUT2D eigenvalue weighted by Crippen LogP contribution is 2.37. The summed E-state index contributed by atoms with van der Waals surface area (Å²) in [6, 6.07) is 0.356. The van der Waals surface area contributed by atoms with E-state index in [1.165, 1.54) is 26.4 Å². The summed E-state index contributed by atoms with van der Waals surface area (Å²) in [4.78, 5) is 75.9. The van der Waals surface area contributed by atoms with Gasteiger partial charge in [-0.3, -0.25) is 29.8 Å². The fourth-order valence-electron chi connectivity index (χ4n) is 4.03. The number of nitro groups is 2. The molecule has 60 heavy (non-hydrogen) atoms. The molecule has 4 N–H and O–H groups in total. The molecule has 0 unspecified atom stereocenters. The van der Waals surface area contributed by atoms with Crippen molar-refractivity contribution in [2.75, 3.05) is 19.5 Å². The first-order valence-electron chi connectivity index (χ1n) is 17.5. The second-order valence-electron chi connectivity index (χ2n) is 16.2. The van der Waals surface area contributed by atoms with Gasteiger partial charge in [-0.15, -0.1) is 0 Å². The summed E-state index contributed by atoms with van der Waals surface area (Å²) in [7, 11) is 2.52. The van der Waals surface area contributed by atoms with Crippen molar-refractivity contribution in [3.05, 3.63) is 47.8 Å². The van der Waals surface area contributed by atoms with E-state index in [1.54, 1.807) is 83.1 Å². The highest BCUT2D eigenvalue weighted by molar-refractivity contribution is 6.34. The Morgan fingerprint density at radius 3 is 1.42 bits per heavy atom. The van der Waals surface area contributed by atoms with Crippen molar-refractivity contribution < 1.29 is 75.6 Å². The van der Waals surface area contributed by atoms with Crippen molar-refractivity contribution in [2.24, 2.45) is 0 Å². The van der Waals surface area contributed by atoms with E-state index >= 15 is 0 Å². The van der Waals surface area contributed by atoms with Gasteiger partial charge in [-0.2, -0.15) is 0 Å². The summed E-state index contributed by atoms with van der Waals surface area (Å²) in [5.41, 5.74) is -0.0459. The third kappa shape index (κ3) is 23.3. The average Bonchev–Trinajstić information content (AvgIpc) is 3.00. The maximum absolute atomic E-state index is 12.6. The Balaban J connectivity index is 0. The smallest absolute Gasteiger partial charge is 0.365 e. The Hall–Kier alpha value is -4.50. The topological polar surface area (TPSA) is 275 Å². The van der Waals surface area contributed by atoms with Gasteiger partial charge < -0.3 is 51.9 Å². The molecular formula is C36H54Cl4N6O14. The predicted molar refractivity (Wildman–Crippen MR) is 217 cm³/mol. The number of nitrogens with zero attached hydrogens (tertiary/aromatic N) is 4. The van der Waals surface area contributed by atoms with E-state index in [4.69, 9.17) is 63.2 Å². The Kier molecular flexibility index (Phi) is 23.1. The first kappa shape index (κ1) is 57.6. The number of carbonyl (C=O) groups excluding carboxylic acids is 4. The Morgan fingerprint density at radius 2 is 1.03 bits per heavy atom. The van der Waals surface area contributed by atoms with Crippen LogP contribution in [-0.4, -0.2) is 92.4 Å². The summed E-state index contributed by atoms with van der Waals surface area (Å²) in [5, 5.41) is 24.2. The zero-order valence-electron chi connectivity index (χ0n) is 35.9. The molecule has 2 aromatic rings. The lowest BCUT2D eigenvalue weighted by Gasteiger charge is -2.26. The standard InChI is InChI=1S/C18H26ClN3O7.C12H23NO4.C6H4Cl2N2O3.ClH/c1-17(2,3)28-13(23)8-10(16(24)29-18(4,5)6)20-15-14(22(25)26)11(27-7)9-12(19)21-15;1-11(2,3)16-9(14)7-8(13)10(15)17-12(4,5)6;1-13-3-2-4(7)9-6(8)5(3)10(11)12;/h9-10H,8H2,1-7H3,(H,20,21);8H,7,13H2,1-6H3;2H,1H3;1H/t10-;8-;;/m00../s1. The summed E-state index contributed by atoms with van der Waals surface area (Å²) in [6.07, 6.45) is -0.508. The number of methoxy groups -OCH3 is 2. The summed E-state index contributed by atoms with van der Waals surface area (Å²) >= 11 is 16.9.